The lowest BCUT2D eigenvalue weighted by atomic mass is 9.96. The summed E-state index contributed by atoms with van der Waals surface area (Å²) in [5, 5.41) is 10.5. The van der Waals surface area contributed by atoms with Crippen LogP contribution in [0.25, 0.3) is 0 Å². The second-order valence-electron chi connectivity index (χ2n) is 13.9. The van der Waals surface area contributed by atoms with Crippen molar-refractivity contribution >= 4 is 35.6 Å². The number of nitrogens with zero attached hydrogens (tertiary/aromatic N) is 3. The van der Waals surface area contributed by atoms with Gasteiger partial charge < -0.3 is 30.7 Å². The van der Waals surface area contributed by atoms with E-state index in [1.165, 1.54) is 35.7 Å². The Morgan fingerprint density at radius 2 is 1.11 bits per heavy atom. The maximum Gasteiger partial charge on any atom is 0.318 e. The third kappa shape index (κ3) is 13.3. The number of rotatable bonds is 18. The smallest absolute Gasteiger partial charge is 0.318 e. The fourth-order valence-electron chi connectivity index (χ4n) is 5.32. The second-order valence-corrected chi connectivity index (χ2v) is 13.9. The largest absolute Gasteiger partial charge is 0.357 e. The second kappa shape index (κ2) is 20.1. The van der Waals surface area contributed by atoms with E-state index in [0.717, 1.165) is 0 Å². The molecule has 0 radical (unpaired) electrons. The summed E-state index contributed by atoms with van der Waals surface area (Å²) >= 11 is 0. The van der Waals surface area contributed by atoms with Crippen LogP contribution < -0.4 is 21.3 Å². The number of imide groups is 1. The summed E-state index contributed by atoms with van der Waals surface area (Å²) in [6.07, 6.45) is 1.88. The molecule has 0 bridgehead atoms. The Labute approximate surface area is 277 Å². The van der Waals surface area contributed by atoms with E-state index in [4.69, 9.17) is 0 Å². The molecule has 0 aromatic rings. The lowest BCUT2D eigenvalue weighted by molar-refractivity contribution is -0.150. The molecule has 0 saturated carbocycles. The third-order valence-electron chi connectivity index (χ3n) is 8.15. The number of hydrogen-bond donors (Lipinski definition) is 4. The van der Waals surface area contributed by atoms with Gasteiger partial charge in [-0.3, -0.25) is 29.3 Å². The van der Waals surface area contributed by atoms with Gasteiger partial charge >= 0.3 is 6.03 Å². The Hall–Kier alpha value is -3.22. The van der Waals surface area contributed by atoms with Crippen molar-refractivity contribution in [3.05, 3.63) is 0 Å². The minimum absolute atomic E-state index is 0.0152. The summed E-state index contributed by atoms with van der Waals surface area (Å²) in [7, 11) is 7.77. The minimum Gasteiger partial charge on any atom is -0.357 e. The summed E-state index contributed by atoms with van der Waals surface area (Å²) in [5.41, 5.74) is 0. The molecule has 0 aliphatic carbocycles. The fourth-order valence-corrected chi connectivity index (χ4v) is 5.32. The van der Waals surface area contributed by atoms with E-state index in [9.17, 15) is 28.8 Å². The van der Waals surface area contributed by atoms with Crippen molar-refractivity contribution in [1.82, 2.24) is 36.0 Å². The highest BCUT2D eigenvalue weighted by atomic mass is 16.2. The van der Waals surface area contributed by atoms with Gasteiger partial charge in [0.15, 0.2) is 0 Å². The van der Waals surface area contributed by atoms with Crippen LogP contribution in [-0.4, -0.2) is 116 Å². The molecule has 13 heteroatoms. The fraction of sp³-hybridized carbons (Fsp3) is 0.818. The first-order valence-electron chi connectivity index (χ1n) is 16.5. The van der Waals surface area contributed by atoms with Crippen molar-refractivity contribution in [3.8, 4) is 0 Å². The molecule has 4 N–H and O–H groups in total. The van der Waals surface area contributed by atoms with Crippen molar-refractivity contribution in [2.75, 3.05) is 35.2 Å². The maximum atomic E-state index is 14.1. The monoisotopic (exact) mass is 653 g/mol. The summed E-state index contributed by atoms with van der Waals surface area (Å²) in [5.74, 6) is -1.90. The normalized spacial score (nSPS) is 14.7. The highest BCUT2D eigenvalue weighted by molar-refractivity contribution is 6.01. The van der Waals surface area contributed by atoms with Gasteiger partial charge in [0.05, 0.1) is 6.04 Å². The number of likely N-dealkylation sites (N-methyl/N-ethyl adjacent to an activating group) is 5. The van der Waals surface area contributed by atoms with E-state index in [-0.39, 0.29) is 35.5 Å². The molecular formula is C33H63N7O6. The number of hydrogen-bond acceptors (Lipinski definition) is 7. The van der Waals surface area contributed by atoms with Crippen LogP contribution in [0.3, 0.4) is 0 Å². The van der Waals surface area contributed by atoms with Crippen molar-refractivity contribution in [2.24, 2.45) is 23.7 Å². The van der Waals surface area contributed by atoms with Crippen LogP contribution in [0.5, 0.6) is 0 Å². The van der Waals surface area contributed by atoms with Crippen molar-refractivity contribution in [2.45, 2.75) is 118 Å². The summed E-state index contributed by atoms with van der Waals surface area (Å²) in [6, 6.07) is -4.82. The van der Waals surface area contributed by atoms with Gasteiger partial charge in [-0.15, -0.1) is 0 Å². The van der Waals surface area contributed by atoms with E-state index in [1.54, 1.807) is 21.1 Å². The van der Waals surface area contributed by atoms with E-state index < -0.39 is 54.0 Å². The molecule has 0 rings (SSSR count). The van der Waals surface area contributed by atoms with Gasteiger partial charge in [-0.1, -0.05) is 55.4 Å². The van der Waals surface area contributed by atoms with Crippen LogP contribution in [0.4, 0.5) is 4.79 Å². The van der Waals surface area contributed by atoms with Crippen molar-refractivity contribution in [3.63, 3.8) is 0 Å². The number of nitrogens with one attached hydrogen (secondary N) is 4. The Morgan fingerprint density at radius 1 is 0.587 bits per heavy atom. The topological polar surface area (TPSA) is 160 Å². The Bertz CT molecular complexity index is 1030. The Kier molecular flexibility index (Phi) is 18.7. The molecule has 0 aliphatic heterocycles. The molecule has 0 spiro atoms. The lowest BCUT2D eigenvalue weighted by Gasteiger charge is -2.38. The molecule has 0 aliphatic rings. The summed E-state index contributed by atoms with van der Waals surface area (Å²) < 4.78 is 0. The minimum atomic E-state index is -1.06. The highest BCUT2D eigenvalue weighted by Crippen LogP contribution is 2.21. The first-order chi connectivity index (χ1) is 21.2. The zero-order valence-corrected chi connectivity index (χ0v) is 30.8. The van der Waals surface area contributed by atoms with Crippen LogP contribution >= 0.6 is 0 Å². The zero-order valence-electron chi connectivity index (χ0n) is 30.8. The van der Waals surface area contributed by atoms with Gasteiger partial charge in [0, 0.05) is 28.2 Å². The van der Waals surface area contributed by atoms with Gasteiger partial charge in [-0.2, -0.15) is 0 Å². The molecule has 46 heavy (non-hydrogen) atoms. The Morgan fingerprint density at radius 3 is 1.54 bits per heavy atom. The molecule has 0 unspecified atom stereocenters. The molecular weight excluding hydrogens is 590 g/mol. The molecule has 0 aromatic carbocycles. The van der Waals surface area contributed by atoms with Gasteiger partial charge in [0.1, 0.15) is 24.2 Å². The number of carbonyl (C=O) groups excluding carboxylic acids is 6. The van der Waals surface area contributed by atoms with Gasteiger partial charge in [0.2, 0.25) is 29.5 Å². The SMILES string of the molecule is CNC(=O)[C@H](C(C)C)N(C)C(=O)[C@H](CCC(C)C)N(C)C(=O)[C@@H](CC(C)C)N(C)C(=O)N[C@H](C)C(=O)NC(=O)[C@H](CC(C)C)NC. The van der Waals surface area contributed by atoms with Gasteiger partial charge in [-0.05, 0) is 63.3 Å². The first-order valence-corrected chi connectivity index (χ1v) is 16.5. The molecule has 0 aromatic heterocycles. The predicted octanol–water partition coefficient (Wildman–Crippen LogP) is 2.20. The van der Waals surface area contributed by atoms with Crippen LogP contribution in [0.1, 0.15) is 88.0 Å². The molecule has 13 nitrogen and oxygen atoms in total. The van der Waals surface area contributed by atoms with Crippen LogP contribution in [-0.2, 0) is 24.0 Å². The zero-order chi connectivity index (χ0) is 36.0. The van der Waals surface area contributed by atoms with E-state index in [0.29, 0.717) is 25.7 Å². The number of carbonyl (C=O) groups is 6. The van der Waals surface area contributed by atoms with Crippen LogP contribution in [0.2, 0.25) is 0 Å². The summed E-state index contributed by atoms with van der Waals surface area (Å²) in [6.45, 7) is 17.0. The molecule has 0 heterocycles. The maximum absolute atomic E-state index is 14.1. The average molecular weight is 654 g/mol. The van der Waals surface area contributed by atoms with Crippen LogP contribution in [0, 0.1) is 23.7 Å². The van der Waals surface area contributed by atoms with Gasteiger partial charge in [-0.25, -0.2) is 4.79 Å². The standard InChI is InChI=1S/C33H63N7O6/c1-19(2)15-16-25(31(44)40(14)27(22(7)8)30(43)35-11)38(12)32(45)26(18-21(5)6)39(13)33(46)36-23(9)28(41)37-29(42)24(34-10)17-20(3)4/h19-27,34H,15-18H2,1-14H3,(H,35,43)(H,36,46)(H,37,41,42)/t23-,24+,25+,26-,27+/m1/s1. The number of amides is 7. The number of urea groups is 1. The van der Waals surface area contributed by atoms with Gasteiger partial charge in [0.25, 0.3) is 0 Å². The predicted molar refractivity (Wildman–Crippen MR) is 181 cm³/mol. The molecule has 0 saturated heterocycles. The molecule has 7 amide bonds. The van der Waals surface area contributed by atoms with E-state index in [2.05, 4.69) is 21.3 Å². The first kappa shape index (κ1) is 42.8. The lowest BCUT2D eigenvalue weighted by Crippen LogP contribution is -2.60. The van der Waals surface area contributed by atoms with E-state index >= 15 is 0 Å². The third-order valence-corrected chi connectivity index (χ3v) is 8.15. The van der Waals surface area contributed by atoms with Crippen LogP contribution in [0.15, 0.2) is 0 Å². The molecule has 5 atom stereocenters. The highest BCUT2D eigenvalue weighted by Gasteiger charge is 2.39. The molecule has 0 fully saturated rings. The van der Waals surface area contributed by atoms with Crippen molar-refractivity contribution < 1.29 is 28.8 Å². The molecule has 266 valence electrons. The Balaban J connectivity index is 6.11. The van der Waals surface area contributed by atoms with Crippen molar-refractivity contribution in [1.29, 1.82) is 0 Å². The summed E-state index contributed by atoms with van der Waals surface area (Å²) in [4.78, 5) is 83.6. The average Bonchev–Trinajstić information content (AvgIpc) is 2.96. The quantitative estimate of drug-likeness (QED) is 0.176. The van der Waals surface area contributed by atoms with E-state index in [1.807, 2.05) is 55.4 Å².